The molecule has 2 aliphatic heterocycles. The summed E-state index contributed by atoms with van der Waals surface area (Å²) in [6.45, 7) is 4.68. The molecule has 2 aromatic rings. The van der Waals surface area contributed by atoms with Crippen molar-refractivity contribution >= 4 is 5.91 Å². The van der Waals surface area contributed by atoms with Crippen LogP contribution in [0.5, 0.6) is 11.5 Å². The quantitative estimate of drug-likeness (QED) is 0.881. The highest BCUT2D eigenvalue weighted by Crippen LogP contribution is 2.34. The molecule has 4 rings (SSSR count). The molecule has 2 N–H and O–H groups in total. The van der Waals surface area contributed by atoms with Crippen molar-refractivity contribution in [2.45, 2.75) is 25.9 Å². The number of rotatable bonds is 4. The van der Waals surface area contributed by atoms with Gasteiger partial charge in [0.2, 0.25) is 6.79 Å². The summed E-state index contributed by atoms with van der Waals surface area (Å²) < 4.78 is 10.7. The number of quaternary nitrogens is 1. The van der Waals surface area contributed by atoms with E-state index in [4.69, 9.17) is 9.47 Å². The first-order valence-electron chi connectivity index (χ1n) is 8.78. The maximum absolute atomic E-state index is 12.5. The van der Waals surface area contributed by atoms with E-state index in [2.05, 4.69) is 29.6 Å². The molecule has 0 bridgehead atoms. The lowest BCUT2D eigenvalue weighted by molar-refractivity contribution is -0.908. The standard InChI is InChI=1S/C20H22N2O3/c1-14(16-6-7-18-19(10-16)25-13-24-18)21-20(23)12-22-9-8-15-4-2-3-5-17(15)11-22/h2-7,10,14H,8-9,11-13H2,1H3,(H,21,23)/p+1/t14-/m0/s1. The van der Waals surface area contributed by atoms with Gasteiger partial charge in [-0.15, -0.1) is 0 Å². The third-order valence-electron chi connectivity index (χ3n) is 4.99. The molecule has 0 radical (unpaired) electrons. The first-order chi connectivity index (χ1) is 12.2. The zero-order valence-electron chi connectivity index (χ0n) is 14.4. The molecule has 0 fully saturated rings. The van der Waals surface area contributed by atoms with Crippen molar-refractivity contribution in [3.63, 3.8) is 0 Å². The Bertz CT molecular complexity index is 790. The van der Waals surface area contributed by atoms with Crippen molar-refractivity contribution in [1.82, 2.24) is 5.32 Å². The van der Waals surface area contributed by atoms with E-state index < -0.39 is 0 Å². The average molecular weight is 339 g/mol. The van der Waals surface area contributed by atoms with E-state index >= 15 is 0 Å². The minimum atomic E-state index is -0.0570. The lowest BCUT2D eigenvalue weighted by Crippen LogP contribution is -3.12. The Morgan fingerprint density at radius 2 is 1.96 bits per heavy atom. The van der Waals surface area contributed by atoms with E-state index in [1.165, 1.54) is 16.0 Å². The summed E-state index contributed by atoms with van der Waals surface area (Å²) in [4.78, 5) is 13.8. The van der Waals surface area contributed by atoms with Gasteiger partial charge in [0, 0.05) is 12.0 Å². The van der Waals surface area contributed by atoms with Gasteiger partial charge in [-0.05, 0) is 30.2 Å². The van der Waals surface area contributed by atoms with Gasteiger partial charge in [0.1, 0.15) is 6.54 Å². The molecule has 2 aliphatic rings. The molecule has 25 heavy (non-hydrogen) atoms. The molecule has 1 amide bonds. The molecule has 1 unspecified atom stereocenters. The Hall–Kier alpha value is -2.53. The summed E-state index contributed by atoms with van der Waals surface area (Å²) in [5.74, 6) is 1.59. The van der Waals surface area contributed by atoms with Crippen molar-refractivity contribution in [2.75, 3.05) is 19.9 Å². The van der Waals surface area contributed by atoms with Crippen LogP contribution in [0, 0.1) is 0 Å². The molecule has 0 saturated heterocycles. The Morgan fingerprint density at radius 3 is 2.84 bits per heavy atom. The van der Waals surface area contributed by atoms with Gasteiger partial charge in [0.05, 0.1) is 12.6 Å². The van der Waals surface area contributed by atoms with Crippen molar-refractivity contribution in [3.8, 4) is 11.5 Å². The van der Waals surface area contributed by atoms with E-state index in [1.807, 2.05) is 25.1 Å². The van der Waals surface area contributed by atoms with Crippen LogP contribution in [0.1, 0.15) is 29.7 Å². The summed E-state index contributed by atoms with van der Waals surface area (Å²) in [5, 5.41) is 3.10. The lowest BCUT2D eigenvalue weighted by atomic mass is 10.00. The third kappa shape index (κ3) is 3.46. The van der Waals surface area contributed by atoms with Crippen LogP contribution in [0.2, 0.25) is 0 Å². The number of hydrogen-bond donors (Lipinski definition) is 2. The summed E-state index contributed by atoms with van der Waals surface area (Å²) in [6, 6.07) is 14.3. The smallest absolute Gasteiger partial charge is 0.275 e. The SMILES string of the molecule is C[C@H](NC(=O)C[NH+]1CCc2ccccc2C1)c1ccc2c(c1)OCO2. The number of fused-ring (bicyclic) bond motifs is 2. The number of nitrogens with one attached hydrogen (secondary N) is 2. The summed E-state index contributed by atoms with van der Waals surface area (Å²) in [5.41, 5.74) is 3.80. The van der Waals surface area contributed by atoms with E-state index in [0.29, 0.717) is 6.54 Å². The van der Waals surface area contributed by atoms with Gasteiger partial charge < -0.3 is 19.7 Å². The fourth-order valence-electron chi connectivity index (χ4n) is 3.58. The predicted molar refractivity (Wildman–Crippen MR) is 93.7 cm³/mol. The highest BCUT2D eigenvalue weighted by atomic mass is 16.7. The van der Waals surface area contributed by atoms with Crippen LogP contribution in [-0.4, -0.2) is 25.8 Å². The molecule has 2 heterocycles. The lowest BCUT2D eigenvalue weighted by Gasteiger charge is -2.26. The highest BCUT2D eigenvalue weighted by molar-refractivity contribution is 5.77. The van der Waals surface area contributed by atoms with Gasteiger partial charge in [-0.3, -0.25) is 4.79 Å². The number of carbonyl (C=O) groups excluding carboxylic acids is 1. The number of hydrogen-bond acceptors (Lipinski definition) is 3. The second-order valence-electron chi connectivity index (χ2n) is 6.77. The second kappa shape index (κ2) is 6.76. The third-order valence-corrected chi connectivity index (χ3v) is 4.99. The zero-order valence-corrected chi connectivity index (χ0v) is 14.4. The molecule has 0 aromatic heterocycles. The molecule has 5 heteroatoms. The first-order valence-corrected chi connectivity index (χ1v) is 8.78. The normalized spacial score (nSPS) is 19.2. The van der Waals surface area contributed by atoms with Crippen molar-refractivity contribution < 1.29 is 19.2 Å². The van der Waals surface area contributed by atoms with Crippen LogP contribution in [0.25, 0.3) is 0 Å². The van der Waals surface area contributed by atoms with Crippen LogP contribution in [0.4, 0.5) is 0 Å². The average Bonchev–Trinajstić information content (AvgIpc) is 3.09. The molecule has 0 saturated carbocycles. The van der Waals surface area contributed by atoms with E-state index in [0.717, 1.165) is 36.6 Å². The van der Waals surface area contributed by atoms with Gasteiger partial charge in [-0.25, -0.2) is 0 Å². The minimum Gasteiger partial charge on any atom is -0.454 e. The van der Waals surface area contributed by atoms with Crippen LogP contribution in [-0.2, 0) is 17.8 Å². The molecule has 5 nitrogen and oxygen atoms in total. The Labute approximate surface area is 147 Å². The minimum absolute atomic E-state index is 0.0570. The molecular weight excluding hydrogens is 316 g/mol. The number of amides is 1. The van der Waals surface area contributed by atoms with Gasteiger partial charge in [0.15, 0.2) is 18.0 Å². The van der Waals surface area contributed by atoms with Gasteiger partial charge >= 0.3 is 0 Å². The summed E-state index contributed by atoms with van der Waals surface area (Å²) in [7, 11) is 0. The molecule has 0 spiro atoms. The summed E-state index contributed by atoms with van der Waals surface area (Å²) >= 11 is 0. The fraction of sp³-hybridized carbons (Fsp3) is 0.350. The Kier molecular flexibility index (Phi) is 4.32. The number of ether oxygens (including phenoxy) is 2. The Balaban J connectivity index is 1.34. The van der Waals surface area contributed by atoms with Gasteiger partial charge in [-0.1, -0.05) is 30.3 Å². The Morgan fingerprint density at radius 1 is 1.16 bits per heavy atom. The molecule has 2 aromatic carbocycles. The number of carbonyl (C=O) groups is 1. The van der Waals surface area contributed by atoms with Crippen LogP contribution < -0.4 is 19.7 Å². The second-order valence-corrected chi connectivity index (χ2v) is 6.77. The first kappa shape index (κ1) is 16.0. The molecular formula is C20H23N2O3+. The highest BCUT2D eigenvalue weighted by Gasteiger charge is 2.23. The van der Waals surface area contributed by atoms with Gasteiger partial charge in [0.25, 0.3) is 5.91 Å². The maximum atomic E-state index is 12.5. The topological polar surface area (TPSA) is 52.0 Å². The van der Waals surface area contributed by atoms with Crippen LogP contribution in [0.3, 0.4) is 0 Å². The fourth-order valence-corrected chi connectivity index (χ4v) is 3.58. The van der Waals surface area contributed by atoms with E-state index in [9.17, 15) is 4.79 Å². The van der Waals surface area contributed by atoms with E-state index in [-0.39, 0.29) is 18.7 Å². The predicted octanol–water partition coefficient (Wildman–Crippen LogP) is 1.23. The van der Waals surface area contributed by atoms with Crippen molar-refractivity contribution in [1.29, 1.82) is 0 Å². The molecule has 0 aliphatic carbocycles. The monoisotopic (exact) mass is 339 g/mol. The largest absolute Gasteiger partial charge is 0.454 e. The van der Waals surface area contributed by atoms with Crippen molar-refractivity contribution in [2.24, 2.45) is 0 Å². The van der Waals surface area contributed by atoms with Gasteiger partial charge in [-0.2, -0.15) is 0 Å². The maximum Gasteiger partial charge on any atom is 0.275 e. The number of benzene rings is 2. The van der Waals surface area contributed by atoms with Crippen molar-refractivity contribution in [3.05, 3.63) is 59.2 Å². The van der Waals surface area contributed by atoms with E-state index in [1.54, 1.807) is 0 Å². The summed E-state index contributed by atoms with van der Waals surface area (Å²) in [6.07, 6.45) is 1.04. The molecule has 130 valence electrons. The zero-order chi connectivity index (χ0) is 17.2. The molecule has 2 atom stereocenters. The van der Waals surface area contributed by atoms with Crippen LogP contribution in [0.15, 0.2) is 42.5 Å². The van der Waals surface area contributed by atoms with Crippen LogP contribution >= 0.6 is 0 Å².